The summed E-state index contributed by atoms with van der Waals surface area (Å²) in [6, 6.07) is 6.03. The summed E-state index contributed by atoms with van der Waals surface area (Å²) < 4.78 is 23.7. The largest absolute Gasteiger partial charge is 0.377 e. The molecule has 0 aliphatic carbocycles. The average Bonchev–Trinajstić information content (AvgIpc) is 2.29. The molecular weight excluding hydrogens is 282 g/mol. The Labute approximate surface area is 109 Å². The van der Waals surface area contributed by atoms with E-state index in [1.165, 1.54) is 24.3 Å². The van der Waals surface area contributed by atoms with E-state index >= 15 is 0 Å². The minimum Gasteiger partial charge on any atom is -0.377 e. The summed E-state index contributed by atoms with van der Waals surface area (Å²) >= 11 is 6.78. The lowest BCUT2D eigenvalue weighted by Crippen LogP contribution is -2.14. The van der Waals surface area contributed by atoms with Gasteiger partial charge in [0.1, 0.15) is 0 Å². The molecule has 0 unspecified atom stereocenters. The summed E-state index contributed by atoms with van der Waals surface area (Å²) in [5, 5.41) is 3.90. The van der Waals surface area contributed by atoms with Crippen LogP contribution in [0.1, 0.15) is 0 Å². The maximum Gasteiger partial charge on any atom is 0.179 e. The smallest absolute Gasteiger partial charge is 0.179 e. The molecule has 1 aromatic rings. The molecular formula is C9H12ClN3O2S2. The van der Waals surface area contributed by atoms with Crippen LogP contribution in [-0.2, 0) is 9.84 Å². The molecule has 0 atom stereocenters. The Bertz CT molecular complexity index is 499. The maximum absolute atomic E-state index is 11.8. The van der Waals surface area contributed by atoms with Gasteiger partial charge >= 0.3 is 0 Å². The first-order chi connectivity index (χ1) is 7.95. The molecule has 0 aliphatic rings. The van der Waals surface area contributed by atoms with E-state index in [4.69, 9.17) is 23.2 Å². The van der Waals surface area contributed by atoms with Gasteiger partial charge in [-0.3, -0.25) is 0 Å². The fourth-order valence-electron chi connectivity index (χ4n) is 1.05. The van der Waals surface area contributed by atoms with E-state index in [0.717, 1.165) is 11.8 Å². The molecule has 0 spiro atoms. The number of hydrazone groups is 1. The number of hydrogen-bond donors (Lipinski definition) is 2. The van der Waals surface area contributed by atoms with Crippen LogP contribution in [0.5, 0.6) is 0 Å². The Hall–Kier alpha value is -0.920. The quantitative estimate of drug-likeness (QED) is 0.374. The zero-order chi connectivity index (χ0) is 12.9. The van der Waals surface area contributed by atoms with Crippen molar-refractivity contribution in [3.8, 4) is 0 Å². The third kappa shape index (κ3) is 4.45. The third-order valence-corrected chi connectivity index (χ3v) is 4.95. The van der Waals surface area contributed by atoms with Gasteiger partial charge < -0.3 is 11.6 Å². The van der Waals surface area contributed by atoms with Crippen molar-refractivity contribution >= 4 is 38.4 Å². The van der Waals surface area contributed by atoms with Crippen LogP contribution in [0.4, 0.5) is 0 Å². The highest BCUT2D eigenvalue weighted by Crippen LogP contribution is 2.16. The molecule has 0 saturated carbocycles. The van der Waals surface area contributed by atoms with Crippen molar-refractivity contribution < 1.29 is 8.42 Å². The van der Waals surface area contributed by atoms with Gasteiger partial charge in [0.2, 0.25) is 0 Å². The highest BCUT2D eigenvalue weighted by molar-refractivity contribution is 8.14. The predicted octanol–water partition coefficient (Wildman–Crippen LogP) is 1.04. The van der Waals surface area contributed by atoms with Crippen molar-refractivity contribution in [2.75, 3.05) is 11.5 Å². The number of benzene rings is 1. The van der Waals surface area contributed by atoms with Crippen molar-refractivity contribution in [3.63, 3.8) is 0 Å². The van der Waals surface area contributed by atoms with E-state index < -0.39 is 9.84 Å². The number of nitrogens with two attached hydrogens (primary N) is 2. The van der Waals surface area contributed by atoms with Gasteiger partial charge in [0.05, 0.1) is 10.6 Å². The third-order valence-electron chi connectivity index (χ3n) is 1.90. The predicted molar refractivity (Wildman–Crippen MR) is 71.8 cm³/mol. The van der Waals surface area contributed by atoms with E-state index in [2.05, 4.69) is 5.10 Å². The molecule has 94 valence electrons. The van der Waals surface area contributed by atoms with Crippen molar-refractivity contribution in [2.24, 2.45) is 16.7 Å². The van der Waals surface area contributed by atoms with Gasteiger partial charge in [-0.1, -0.05) is 23.4 Å². The molecule has 1 rings (SSSR count). The Kier molecular flexibility index (Phi) is 5.10. The van der Waals surface area contributed by atoms with Crippen LogP contribution >= 0.6 is 23.4 Å². The number of nitrogens with zero attached hydrogens (tertiary/aromatic N) is 1. The molecule has 0 heterocycles. The second kappa shape index (κ2) is 6.13. The fourth-order valence-corrected chi connectivity index (χ4v) is 3.46. The average molecular weight is 294 g/mol. The Morgan fingerprint density at radius 1 is 1.35 bits per heavy atom. The van der Waals surface area contributed by atoms with Gasteiger partial charge in [-0.2, -0.15) is 5.10 Å². The summed E-state index contributed by atoms with van der Waals surface area (Å²) in [4.78, 5) is 0.241. The van der Waals surface area contributed by atoms with E-state index in [1.807, 2.05) is 0 Å². The number of sulfone groups is 1. The van der Waals surface area contributed by atoms with Crippen LogP contribution in [0.15, 0.2) is 34.3 Å². The molecule has 5 nitrogen and oxygen atoms in total. The van der Waals surface area contributed by atoms with Crippen molar-refractivity contribution in [3.05, 3.63) is 29.3 Å². The normalized spacial score (nSPS) is 12.6. The Balaban J connectivity index is 2.66. The second-order valence-electron chi connectivity index (χ2n) is 3.09. The molecule has 0 bridgehead atoms. The van der Waals surface area contributed by atoms with Gasteiger partial charge in [-0.15, -0.1) is 0 Å². The van der Waals surface area contributed by atoms with E-state index in [-0.39, 0.29) is 15.8 Å². The molecule has 8 heteroatoms. The Morgan fingerprint density at radius 2 is 1.94 bits per heavy atom. The first-order valence-corrected chi connectivity index (χ1v) is 7.62. The highest BCUT2D eigenvalue weighted by atomic mass is 35.5. The van der Waals surface area contributed by atoms with Crippen molar-refractivity contribution in [2.45, 2.75) is 4.90 Å². The standard InChI is InChI=1S/C9H12ClN3O2S2/c10-7-1-3-8(4-2-7)17(14,15)6-5-16-9(11)13-12/h1-4H,5-6,12H2,(H2,11,13). The van der Waals surface area contributed by atoms with Crippen molar-refractivity contribution in [1.29, 1.82) is 0 Å². The summed E-state index contributed by atoms with van der Waals surface area (Å²) in [6.07, 6.45) is 0. The van der Waals surface area contributed by atoms with Gasteiger partial charge in [0.15, 0.2) is 15.0 Å². The molecule has 0 aromatic heterocycles. The summed E-state index contributed by atoms with van der Waals surface area (Å²) in [7, 11) is -3.31. The van der Waals surface area contributed by atoms with Crippen LogP contribution in [-0.4, -0.2) is 25.1 Å². The molecule has 0 saturated heterocycles. The number of rotatable bonds is 4. The van der Waals surface area contributed by atoms with E-state index in [1.54, 1.807) is 0 Å². The minimum atomic E-state index is -3.31. The van der Waals surface area contributed by atoms with Crippen LogP contribution in [0.3, 0.4) is 0 Å². The topological polar surface area (TPSA) is 98.5 Å². The zero-order valence-electron chi connectivity index (χ0n) is 8.84. The molecule has 1 aromatic carbocycles. The molecule has 0 radical (unpaired) electrons. The number of thioether (sulfide) groups is 1. The summed E-state index contributed by atoms with van der Waals surface area (Å²) in [5.41, 5.74) is 5.34. The Morgan fingerprint density at radius 3 is 2.47 bits per heavy atom. The van der Waals surface area contributed by atoms with Gasteiger partial charge in [-0.25, -0.2) is 8.42 Å². The lowest BCUT2D eigenvalue weighted by molar-refractivity contribution is 0.597. The minimum absolute atomic E-state index is 0.0322. The van der Waals surface area contributed by atoms with Crippen LogP contribution in [0, 0.1) is 0 Å². The van der Waals surface area contributed by atoms with Gasteiger partial charge in [0.25, 0.3) is 0 Å². The molecule has 17 heavy (non-hydrogen) atoms. The first-order valence-electron chi connectivity index (χ1n) is 4.60. The number of halogens is 1. The van der Waals surface area contributed by atoms with E-state index in [9.17, 15) is 8.42 Å². The first kappa shape index (κ1) is 14.1. The monoisotopic (exact) mass is 293 g/mol. The second-order valence-corrected chi connectivity index (χ2v) is 6.75. The number of hydrogen-bond acceptors (Lipinski definition) is 5. The summed E-state index contributed by atoms with van der Waals surface area (Å²) in [6.45, 7) is 0. The molecule has 4 N–H and O–H groups in total. The fraction of sp³-hybridized carbons (Fsp3) is 0.222. The zero-order valence-corrected chi connectivity index (χ0v) is 11.2. The maximum atomic E-state index is 11.8. The van der Waals surface area contributed by atoms with Crippen LogP contribution in [0.25, 0.3) is 0 Å². The van der Waals surface area contributed by atoms with Crippen LogP contribution in [0.2, 0.25) is 5.02 Å². The number of amidine groups is 1. The molecule has 0 fully saturated rings. The molecule has 0 aliphatic heterocycles. The highest BCUT2D eigenvalue weighted by Gasteiger charge is 2.14. The van der Waals surface area contributed by atoms with E-state index in [0.29, 0.717) is 10.8 Å². The van der Waals surface area contributed by atoms with Crippen LogP contribution < -0.4 is 11.6 Å². The lowest BCUT2D eigenvalue weighted by atomic mass is 10.4. The van der Waals surface area contributed by atoms with Crippen molar-refractivity contribution in [1.82, 2.24) is 0 Å². The lowest BCUT2D eigenvalue weighted by Gasteiger charge is -2.04. The van der Waals surface area contributed by atoms with Gasteiger partial charge in [-0.05, 0) is 24.3 Å². The van der Waals surface area contributed by atoms with Gasteiger partial charge in [0, 0.05) is 10.8 Å². The SMILES string of the molecule is NN=C(N)SCCS(=O)(=O)c1ccc(Cl)cc1. The molecule has 0 amide bonds. The summed E-state index contributed by atoms with van der Waals surface area (Å²) in [5.74, 6) is 5.20.